The van der Waals surface area contributed by atoms with E-state index in [4.69, 9.17) is 0 Å². The van der Waals surface area contributed by atoms with Gasteiger partial charge in [0.05, 0.1) is 0 Å². The van der Waals surface area contributed by atoms with Gasteiger partial charge in [-0.15, -0.1) is 0 Å². The lowest BCUT2D eigenvalue weighted by molar-refractivity contribution is -0.116. The maximum absolute atomic E-state index is 12.4. The van der Waals surface area contributed by atoms with Crippen LogP contribution in [0.3, 0.4) is 0 Å². The van der Waals surface area contributed by atoms with Gasteiger partial charge in [0.25, 0.3) is 0 Å². The fourth-order valence-electron chi connectivity index (χ4n) is 3.04. The Hall–Kier alpha value is -2.69. The van der Waals surface area contributed by atoms with Gasteiger partial charge in [-0.25, -0.2) is 0 Å². The number of anilines is 1. The normalized spacial score (nSPS) is 18.1. The molecule has 124 valence electrons. The topological polar surface area (TPSA) is 66.5 Å². The van der Waals surface area contributed by atoms with Crippen molar-refractivity contribution < 1.29 is 14.4 Å². The van der Waals surface area contributed by atoms with Crippen molar-refractivity contribution in [1.82, 2.24) is 4.90 Å². The van der Waals surface area contributed by atoms with Crippen molar-refractivity contribution in [2.24, 2.45) is 0 Å². The van der Waals surface area contributed by atoms with E-state index >= 15 is 0 Å². The van der Waals surface area contributed by atoms with Crippen molar-refractivity contribution in [2.75, 3.05) is 18.4 Å². The van der Waals surface area contributed by atoms with E-state index in [9.17, 15) is 14.4 Å². The van der Waals surface area contributed by atoms with E-state index in [1.54, 1.807) is 24.3 Å². The highest BCUT2D eigenvalue weighted by atomic mass is 16.1. The van der Waals surface area contributed by atoms with Crippen LogP contribution in [0.5, 0.6) is 0 Å². The lowest BCUT2D eigenvalue weighted by Gasteiger charge is -2.32. The molecule has 1 aromatic rings. The molecule has 5 nitrogen and oxygen atoms in total. The number of allylic oxidation sites excluding steroid dienone is 2. The minimum atomic E-state index is -0.203. The van der Waals surface area contributed by atoms with Gasteiger partial charge in [0.2, 0.25) is 11.6 Å². The summed E-state index contributed by atoms with van der Waals surface area (Å²) in [6.45, 7) is 3.08. The highest BCUT2D eigenvalue weighted by Gasteiger charge is 2.28. The summed E-state index contributed by atoms with van der Waals surface area (Å²) in [6, 6.07) is 6.90. The minimum Gasteiger partial charge on any atom is -0.367 e. The van der Waals surface area contributed by atoms with Gasteiger partial charge in [0.1, 0.15) is 11.4 Å². The van der Waals surface area contributed by atoms with Crippen LogP contribution in [0.1, 0.15) is 36.5 Å². The Labute approximate surface area is 141 Å². The molecule has 3 rings (SSSR count). The van der Waals surface area contributed by atoms with Crippen LogP contribution >= 0.6 is 0 Å². The zero-order valence-corrected chi connectivity index (χ0v) is 13.7. The Morgan fingerprint density at radius 2 is 1.58 bits per heavy atom. The number of carbonyl (C=O) groups excluding carboxylic acids is 3. The number of ketones is 3. The van der Waals surface area contributed by atoms with E-state index in [2.05, 4.69) is 5.32 Å². The molecule has 1 aromatic carbocycles. The Kier molecular flexibility index (Phi) is 4.60. The zero-order valence-electron chi connectivity index (χ0n) is 13.7. The maximum atomic E-state index is 12.4. The summed E-state index contributed by atoms with van der Waals surface area (Å²) in [6.07, 6.45) is 5.85. The molecule has 1 aliphatic heterocycles. The van der Waals surface area contributed by atoms with Crippen molar-refractivity contribution in [1.29, 1.82) is 0 Å². The van der Waals surface area contributed by atoms with Crippen LogP contribution in [0.2, 0.25) is 0 Å². The fraction of sp³-hybridized carbons (Fsp3) is 0.316. The molecule has 1 aliphatic carbocycles. The molecule has 0 bridgehead atoms. The number of Topliss-reactive ketones (excluding diaryl/α,β-unsaturated/α-hetero) is 1. The molecule has 5 heteroatoms. The third-order valence-electron chi connectivity index (χ3n) is 4.34. The number of benzene rings is 1. The minimum absolute atomic E-state index is 0.0124. The Balaban J connectivity index is 1.92. The summed E-state index contributed by atoms with van der Waals surface area (Å²) in [4.78, 5) is 38.0. The van der Waals surface area contributed by atoms with Gasteiger partial charge in [-0.3, -0.25) is 14.4 Å². The molecule has 1 fully saturated rings. The van der Waals surface area contributed by atoms with E-state index in [-0.39, 0.29) is 17.3 Å². The van der Waals surface area contributed by atoms with Gasteiger partial charge in [-0.05, 0) is 62.6 Å². The van der Waals surface area contributed by atoms with E-state index in [0.717, 1.165) is 32.4 Å². The lowest BCUT2D eigenvalue weighted by Crippen LogP contribution is -2.36. The summed E-state index contributed by atoms with van der Waals surface area (Å²) in [5.74, 6) is -0.355. The van der Waals surface area contributed by atoms with Crippen molar-refractivity contribution >= 4 is 23.0 Å². The molecule has 2 aliphatic rings. The van der Waals surface area contributed by atoms with Crippen molar-refractivity contribution in [3.63, 3.8) is 0 Å². The smallest absolute Gasteiger partial charge is 0.204 e. The highest BCUT2D eigenvalue weighted by Crippen LogP contribution is 2.24. The molecule has 0 unspecified atom stereocenters. The van der Waals surface area contributed by atoms with Crippen LogP contribution in [0.15, 0.2) is 47.8 Å². The largest absolute Gasteiger partial charge is 0.367 e. The van der Waals surface area contributed by atoms with Crippen molar-refractivity contribution in [2.45, 2.75) is 26.2 Å². The van der Waals surface area contributed by atoms with Gasteiger partial charge >= 0.3 is 0 Å². The third-order valence-corrected chi connectivity index (χ3v) is 4.34. The number of hydrogen-bond donors (Lipinski definition) is 1. The Morgan fingerprint density at radius 3 is 2.21 bits per heavy atom. The molecular weight excluding hydrogens is 304 g/mol. The van der Waals surface area contributed by atoms with Crippen LogP contribution in [-0.4, -0.2) is 35.3 Å². The van der Waals surface area contributed by atoms with Crippen LogP contribution in [-0.2, 0) is 9.59 Å². The Bertz CT molecular complexity index is 738. The number of rotatable bonds is 4. The van der Waals surface area contributed by atoms with E-state index in [1.807, 2.05) is 4.90 Å². The number of likely N-dealkylation sites (tertiary alicyclic amines) is 1. The molecule has 24 heavy (non-hydrogen) atoms. The van der Waals surface area contributed by atoms with Gasteiger partial charge in [-0.2, -0.15) is 0 Å². The Morgan fingerprint density at radius 1 is 0.958 bits per heavy atom. The van der Waals surface area contributed by atoms with Gasteiger partial charge in [0.15, 0.2) is 5.78 Å². The number of carbonyl (C=O) groups is 3. The molecule has 1 saturated heterocycles. The quantitative estimate of drug-likeness (QED) is 0.681. The summed E-state index contributed by atoms with van der Waals surface area (Å²) >= 11 is 0. The number of piperidine rings is 1. The second-order valence-corrected chi connectivity index (χ2v) is 6.09. The summed E-state index contributed by atoms with van der Waals surface area (Å²) in [5.41, 5.74) is 2.07. The van der Waals surface area contributed by atoms with Crippen LogP contribution in [0, 0.1) is 0 Å². The number of nitrogens with one attached hydrogen (secondary N) is 1. The first-order valence-electron chi connectivity index (χ1n) is 8.20. The summed E-state index contributed by atoms with van der Waals surface area (Å²) in [7, 11) is 0. The lowest BCUT2D eigenvalue weighted by atomic mass is 10.0. The molecule has 0 aromatic heterocycles. The average Bonchev–Trinajstić information content (AvgIpc) is 2.59. The first-order chi connectivity index (χ1) is 11.6. The first kappa shape index (κ1) is 16.2. The van der Waals surface area contributed by atoms with Crippen molar-refractivity contribution in [3.05, 3.63) is 53.4 Å². The molecular formula is C19H20N2O3. The van der Waals surface area contributed by atoms with Gasteiger partial charge in [-0.1, -0.05) is 0 Å². The molecule has 0 amide bonds. The SMILES string of the molecule is CC(=O)c1ccc(NC2=C(N3CCCCC3)C(=O)C=CC2=O)cc1. The molecule has 1 N–H and O–H groups in total. The van der Waals surface area contributed by atoms with E-state index in [1.165, 1.54) is 19.1 Å². The van der Waals surface area contributed by atoms with Crippen LogP contribution < -0.4 is 5.32 Å². The molecule has 1 heterocycles. The predicted molar refractivity (Wildman–Crippen MR) is 91.7 cm³/mol. The average molecular weight is 324 g/mol. The predicted octanol–water partition coefficient (Wildman–Crippen LogP) is 2.71. The van der Waals surface area contributed by atoms with Gasteiger partial charge < -0.3 is 10.2 Å². The van der Waals surface area contributed by atoms with E-state index < -0.39 is 0 Å². The zero-order chi connectivity index (χ0) is 17.1. The van der Waals surface area contributed by atoms with Gasteiger partial charge in [0, 0.05) is 24.3 Å². The third kappa shape index (κ3) is 3.30. The second kappa shape index (κ2) is 6.83. The van der Waals surface area contributed by atoms with Crippen LogP contribution in [0.25, 0.3) is 0 Å². The molecule has 0 saturated carbocycles. The standard InChI is InChI=1S/C19H20N2O3/c1-13(22)14-5-7-15(8-6-14)20-18-16(23)9-10-17(24)19(18)21-11-3-2-4-12-21/h5-10,20H,2-4,11-12H2,1H3. The number of hydrogen-bond acceptors (Lipinski definition) is 5. The summed E-state index contributed by atoms with van der Waals surface area (Å²) in [5, 5.41) is 3.08. The summed E-state index contributed by atoms with van der Waals surface area (Å²) < 4.78 is 0. The van der Waals surface area contributed by atoms with E-state index in [0.29, 0.717) is 22.6 Å². The highest BCUT2D eigenvalue weighted by molar-refractivity contribution is 6.21. The van der Waals surface area contributed by atoms with Crippen molar-refractivity contribution in [3.8, 4) is 0 Å². The van der Waals surface area contributed by atoms with Crippen LogP contribution in [0.4, 0.5) is 5.69 Å². The first-order valence-corrected chi connectivity index (χ1v) is 8.20. The second-order valence-electron chi connectivity index (χ2n) is 6.09. The fourth-order valence-corrected chi connectivity index (χ4v) is 3.04. The molecule has 0 radical (unpaired) electrons. The monoisotopic (exact) mass is 324 g/mol. The maximum Gasteiger partial charge on any atom is 0.204 e. The molecule has 0 atom stereocenters. The number of nitrogens with zero attached hydrogens (tertiary/aromatic N) is 1. The molecule has 0 spiro atoms.